The lowest BCUT2D eigenvalue weighted by Gasteiger charge is -2.31. The van der Waals surface area contributed by atoms with Crippen molar-refractivity contribution in [1.82, 2.24) is 4.98 Å². The SMILES string of the molecule is CC(C)CC1Cc2ccnc(C[C@](O)(C(=O)O)[C@@H](N)CC(C)C)c2C1. The van der Waals surface area contributed by atoms with Crippen molar-refractivity contribution >= 4 is 5.97 Å². The maximum atomic E-state index is 11.8. The molecule has 0 fully saturated rings. The molecule has 4 N–H and O–H groups in total. The first-order valence-electron chi connectivity index (χ1n) is 9.30. The molecule has 1 aromatic heterocycles. The molecule has 3 atom stereocenters. The van der Waals surface area contributed by atoms with Gasteiger partial charge in [-0.2, -0.15) is 0 Å². The lowest BCUT2D eigenvalue weighted by molar-refractivity contribution is -0.161. The van der Waals surface area contributed by atoms with E-state index >= 15 is 0 Å². The fourth-order valence-electron chi connectivity index (χ4n) is 4.00. The number of carboxylic acid groups (broad SMARTS) is 1. The van der Waals surface area contributed by atoms with Crippen molar-refractivity contribution in [2.75, 3.05) is 0 Å². The van der Waals surface area contributed by atoms with Gasteiger partial charge in [-0.25, -0.2) is 4.79 Å². The van der Waals surface area contributed by atoms with Gasteiger partial charge < -0.3 is 15.9 Å². The average Bonchev–Trinajstić information content (AvgIpc) is 2.88. The molecule has 0 aliphatic heterocycles. The molecule has 2 rings (SSSR count). The number of carboxylic acids is 1. The Labute approximate surface area is 150 Å². The summed E-state index contributed by atoms with van der Waals surface area (Å²) < 4.78 is 0. The van der Waals surface area contributed by atoms with E-state index in [9.17, 15) is 15.0 Å². The van der Waals surface area contributed by atoms with E-state index in [2.05, 4.69) is 18.8 Å². The zero-order valence-corrected chi connectivity index (χ0v) is 15.8. The number of aliphatic carboxylic acids is 1. The number of fused-ring (bicyclic) bond motifs is 1. The number of carbonyl (C=O) groups is 1. The van der Waals surface area contributed by atoms with Crippen molar-refractivity contribution in [3.05, 3.63) is 29.1 Å². The Morgan fingerprint density at radius 1 is 1.32 bits per heavy atom. The quantitative estimate of drug-likeness (QED) is 0.671. The van der Waals surface area contributed by atoms with E-state index < -0.39 is 17.6 Å². The third-order valence-corrected chi connectivity index (χ3v) is 5.19. The maximum Gasteiger partial charge on any atom is 0.337 e. The summed E-state index contributed by atoms with van der Waals surface area (Å²) >= 11 is 0. The van der Waals surface area contributed by atoms with Gasteiger partial charge in [0.1, 0.15) is 0 Å². The zero-order chi connectivity index (χ0) is 18.8. The van der Waals surface area contributed by atoms with Crippen molar-refractivity contribution in [1.29, 1.82) is 0 Å². The van der Waals surface area contributed by atoms with Crippen molar-refractivity contribution < 1.29 is 15.0 Å². The van der Waals surface area contributed by atoms with Gasteiger partial charge in [-0.1, -0.05) is 27.7 Å². The Balaban J connectivity index is 2.25. The van der Waals surface area contributed by atoms with Crippen molar-refractivity contribution in [3.8, 4) is 0 Å². The summed E-state index contributed by atoms with van der Waals surface area (Å²) in [5.41, 5.74) is 7.14. The number of hydrogen-bond acceptors (Lipinski definition) is 4. The summed E-state index contributed by atoms with van der Waals surface area (Å²) in [5, 5.41) is 20.5. The van der Waals surface area contributed by atoms with E-state index in [0.29, 0.717) is 24.0 Å². The van der Waals surface area contributed by atoms with E-state index in [4.69, 9.17) is 5.73 Å². The number of rotatable bonds is 8. The maximum absolute atomic E-state index is 11.8. The van der Waals surface area contributed by atoms with E-state index in [0.717, 1.165) is 24.8 Å². The molecule has 0 spiro atoms. The second-order valence-electron chi connectivity index (χ2n) is 8.44. The number of nitrogens with two attached hydrogens (primary N) is 1. The molecule has 25 heavy (non-hydrogen) atoms. The first-order valence-corrected chi connectivity index (χ1v) is 9.30. The van der Waals surface area contributed by atoms with Crippen LogP contribution in [0, 0.1) is 17.8 Å². The molecule has 1 aliphatic carbocycles. The molecular weight excluding hydrogens is 316 g/mol. The summed E-state index contributed by atoms with van der Waals surface area (Å²) in [7, 11) is 0. The summed E-state index contributed by atoms with van der Waals surface area (Å²) in [5.74, 6) is 0.147. The predicted octanol–water partition coefficient (Wildman–Crippen LogP) is 2.57. The number of nitrogens with zero attached hydrogens (tertiary/aromatic N) is 1. The van der Waals surface area contributed by atoms with Crippen LogP contribution in [0.1, 0.15) is 57.4 Å². The molecule has 1 heterocycles. The van der Waals surface area contributed by atoms with Gasteiger partial charge in [0.15, 0.2) is 5.60 Å². The fraction of sp³-hybridized carbons (Fsp3) is 0.700. The van der Waals surface area contributed by atoms with Crippen LogP contribution >= 0.6 is 0 Å². The van der Waals surface area contributed by atoms with Gasteiger partial charge in [0.2, 0.25) is 0 Å². The molecule has 140 valence electrons. The van der Waals surface area contributed by atoms with Crippen molar-refractivity contribution in [2.24, 2.45) is 23.5 Å². The van der Waals surface area contributed by atoms with Gasteiger partial charge >= 0.3 is 5.97 Å². The number of aromatic nitrogens is 1. The Kier molecular flexibility index (Phi) is 6.22. The van der Waals surface area contributed by atoms with E-state index in [1.54, 1.807) is 6.20 Å². The minimum absolute atomic E-state index is 0.0339. The zero-order valence-electron chi connectivity index (χ0n) is 15.8. The van der Waals surface area contributed by atoms with Gasteiger partial charge in [-0.15, -0.1) is 0 Å². The lowest BCUT2D eigenvalue weighted by atomic mass is 9.83. The molecule has 1 aliphatic rings. The van der Waals surface area contributed by atoms with Gasteiger partial charge in [0.25, 0.3) is 0 Å². The second-order valence-corrected chi connectivity index (χ2v) is 8.44. The van der Waals surface area contributed by atoms with Crippen molar-refractivity contribution in [2.45, 2.75) is 71.4 Å². The van der Waals surface area contributed by atoms with Crippen LogP contribution in [-0.2, 0) is 24.1 Å². The monoisotopic (exact) mass is 348 g/mol. The minimum atomic E-state index is -1.98. The Bertz CT molecular complexity index is 615. The van der Waals surface area contributed by atoms with Crippen LogP contribution in [0.3, 0.4) is 0 Å². The second kappa shape index (κ2) is 7.83. The van der Waals surface area contributed by atoms with Gasteiger partial charge in [-0.05, 0) is 60.6 Å². The number of aliphatic hydroxyl groups is 1. The van der Waals surface area contributed by atoms with E-state index in [1.165, 1.54) is 5.56 Å². The first kappa shape index (κ1) is 19.9. The third kappa shape index (κ3) is 4.59. The molecule has 0 saturated carbocycles. The van der Waals surface area contributed by atoms with Gasteiger partial charge in [-0.3, -0.25) is 4.98 Å². The summed E-state index contributed by atoms with van der Waals surface area (Å²) in [6.07, 6.45) is 5.20. The van der Waals surface area contributed by atoms with Gasteiger partial charge in [0.05, 0.1) is 0 Å². The molecular formula is C20H32N2O3. The highest BCUT2D eigenvalue weighted by atomic mass is 16.4. The summed E-state index contributed by atoms with van der Waals surface area (Å²) in [6.45, 7) is 8.38. The van der Waals surface area contributed by atoms with Crippen LogP contribution in [0.5, 0.6) is 0 Å². The summed E-state index contributed by atoms with van der Waals surface area (Å²) in [4.78, 5) is 16.2. The van der Waals surface area contributed by atoms with Gasteiger partial charge in [0, 0.05) is 24.4 Å². The molecule has 0 bridgehead atoms. The minimum Gasteiger partial charge on any atom is -0.479 e. The Morgan fingerprint density at radius 2 is 2.00 bits per heavy atom. The van der Waals surface area contributed by atoms with Crippen LogP contribution in [0.2, 0.25) is 0 Å². The molecule has 5 heteroatoms. The molecule has 0 saturated heterocycles. The smallest absolute Gasteiger partial charge is 0.337 e. The van der Waals surface area contributed by atoms with Crippen LogP contribution in [-0.4, -0.2) is 32.8 Å². The van der Waals surface area contributed by atoms with Crippen LogP contribution in [0.25, 0.3) is 0 Å². The highest BCUT2D eigenvalue weighted by Gasteiger charge is 2.44. The normalized spacial score (nSPS) is 20.6. The Hall–Kier alpha value is -1.46. The molecule has 5 nitrogen and oxygen atoms in total. The lowest BCUT2D eigenvalue weighted by Crippen LogP contribution is -2.56. The van der Waals surface area contributed by atoms with Crippen LogP contribution in [0.4, 0.5) is 0 Å². The van der Waals surface area contributed by atoms with Crippen LogP contribution < -0.4 is 5.73 Å². The molecule has 1 aromatic rings. The molecule has 0 radical (unpaired) electrons. The largest absolute Gasteiger partial charge is 0.479 e. The fourth-order valence-corrected chi connectivity index (χ4v) is 4.00. The molecule has 0 aromatic carbocycles. The first-order chi connectivity index (χ1) is 11.6. The Morgan fingerprint density at radius 3 is 2.56 bits per heavy atom. The van der Waals surface area contributed by atoms with Crippen LogP contribution in [0.15, 0.2) is 12.3 Å². The third-order valence-electron chi connectivity index (χ3n) is 5.19. The topological polar surface area (TPSA) is 96.4 Å². The highest BCUT2D eigenvalue weighted by molar-refractivity contribution is 5.78. The molecule has 1 unspecified atom stereocenters. The molecule has 0 amide bonds. The predicted molar refractivity (Wildman–Crippen MR) is 98.3 cm³/mol. The number of hydrogen-bond donors (Lipinski definition) is 3. The number of pyridine rings is 1. The summed E-state index contributed by atoms with van der Waals surface area (Å²) in [6, 6.07) is 1.20. The highest BCUT2D eigenvalue weighted by Crippen LogP contribution is 2.34. The van der Waals surface area contributed by atoms with Crippen molar-refractivity contribution in [3.63, 3.8) is 0 Å². The van der Waals surface area contributed by atoms with E-state index in [-0.39, 0.29) is 12.3 Å². The average molecular weight is 348 g/mol. The standard InChI is InChI=1S/C20H32N2O3/c1-12(2)7-14-9-15-5-6-22-17(16(15)10-14)11-20(25,19(23)24)18(21)8-13(3)4/h5-6,12-14,18,25H,7-11,21H2,1-4H3,(H,23,24)/t14?,18-,20+/m0/s1. The van der Waals surface area contributed by atoms with E-state index in [1.807, 2.05) is 19.9 Å².